The molecule has 0 aliphatic carbocycles. The predicted molar refractivity (Wildman–Crippen MR) is 144 cm³/mol. The van der Waals surface area contributed by atoms with Crippen LogP contribution in [0.25, 0.3) is 0 Å². The Labute approximate surface area is 214 Å². The molecule has 2 heterocycles. The molecule has 1 aliphatic heterocycles. The summed E-state index contributed by atoms with van der Waals surface area (Å²) in [6, 6.07) is 17.4. The first kappa shape index (κ1) is 25.8. The molecule has 3 aromatic rings. The minimum atomic E-state index is -0.306. The van der Waals surface area contributed by atoms with E-state index in [1.807, 2.05) is 71.0 Å². The molecule has 2 unspecified atom stereocenters. The van der Waals surface area contributed by atoms with Crippen LogP contribution in [0.15, 0.2) is 59.4 Å². The summed E-state index contributed by atoms with van der Waals surface area (Å²) in [5.74, 6) is 1.27. The predicted octanol–water partition coefficient (Wildman–Crippen LogP) is 4.67. The lowest BCUT2D eigenvalue weighted by atomic mass is 9.95. The van der Waals surface area contributed by atoms with Crippen LogP contribution >= 0.6 is 0 Å². The molecule has 1 aromatic heterocycles. The summed E-state index contributed by atoms with van der Waals surface area (Å²) in [7, 11) is 0. The normalized spacial score (nSPS) is 15.8. The van der Waals surface area contributed by atoms with Crippen LogP contribution < -0.4 is 11.3 Å². The van der Waals surface area contributed by atoms with Crippen molar-refractivity contribution >= 4 is 5.91 Å². The molecule has 2 atom stereocenters. The second-order valence-corrected chi connectivity index (χ2v) is 10.0. The number of carbonyl (C=O) groups excluding carboxylic acids is 1. The molecule has 6 heteroatoms. The molecule has 4 rings (SSSR count). The topological polar surface area (TPSA) is 81.2 Å². The SMILES string of the molecule is CCC(c1nc2n(c(=O)c1Cc1ccccc1)CCC(C)C2)N(CCCN)C(=O)c1ccc(C)cc1. The van der Waals surface area contributed by atoms with Crippen LogP contribution in [0.5, 0.6) is 0 Å². The Morgan fingerprint density at radius 3 is 2.56 bits per heavy atom. The van der Waals surface area contributed by atoms with Gasteiger partial charge in [0.05, 0.1) is 11.7 Å². The second-order valence-electron chi connectivity index (χ2n) is 10.0. The lowest BCUT2D eigenvalue weighted by molar-refractivity contribution is 0.0663. The van der Waals surface area contributed by atoms with Crippen molar-refractivity contribution in [1.29, 1.82) is 0 Å². The van der Waals surface area contributed by atoms with Gasteiger partial charge in [-0.2, -0.15) is 0 Å². The van der Waals surface area contributed by atoms with E-state index in [-0.39, 0.29) is 17.5 Å². The quantitative estimate of drug-likeness (QED) is 0.477. The van der Waals surface area contributed by atoms with E-state index in [0.717, 1.165) is 35.5 Å². The summed E-state index contributed by atoms with van der Waals surface area (Å²) in [5, 5.41) is 0. The molecule has 0 fully saturated rings. The summed E-state index contributed by atoms with van der Waals surface area (Å²) in [4.78, 5) is 34.7. The van der Waals surface area contributed by atoms with E-state index >= 15 is 0 Å². The molecule has 0 saturated heterocycles. The number of aryl methyl sites for hydroxylation is 1. The summed E-state index contributed by atoms with van der Waals surface area (Å²) in [6.45, 7) is 7.98. The highest BCUT2D eigenvalue weighted by Crippen LogP contribution is 2.29. The Morgan fingerprint density at radius 2 is 1.89 bits per heavy atom. The minimum absolute atomic E-state index is 0.0331. The zero-order chi connectivity index (χ0) is 25.7. The maximum atomic E-state index is 13.9. The summed E-state index contributed by atoms with van der Waals surface area (Å²) in [6.07, 6.45) is 3.60. The Morgan fingerprint density at radius 1 is 1.17 bits per heavy atom. The van der Waals surface area contributed by atoms with Crippen molar-refractivity contribution in [2.45, 2.75) is 65.5 Å². The molecule has 6 nitrogen and oxygen atoms in total. The first-order chi connectivity index (χ1) is 17.4. The minimum Gasteiger partial charge on any atom is -0.330 e. The van der Waals surface area contributed by atoms with Crippen molar-refractivity contribution < 1.29 is 4.79 Å². The third-order valence-electron chi connectivity index (χ3n) is 7.21. The Hall–Kier alpha value is -3.25. The zero-order valence-corrected chi connectivity index (χ0v) is 21.7. The van der Waals surface area contributed by atoms with Gasteiger partial charge in [0.2, 0.25) is 0 Å². The number of hydrogen-bond donors (Lipinski definition) is 1. The average molecular weight is 487 g/mol. The third kappa shape index (κ3) is 5.59. The van der Waals surface area contributed by atoms with E-state index in [1.165, 1.54) is 0 Å². The van der Waals surface area contributed by atoms with Crippen molar-refractivity contribution in [1.82, 2.24) is 14.5 Å². The number of amides is 1. The fourth-order valence-electron chi connectivity index (χ4n) is 5.13. The van der Waals surface area contributed by atoms with Crippen LogP contribution in [0.2, 0.25) is 0 Å². The Bertz CT molecular complexity index is 1230. The van der Waals surface area contributed by atoms with E-state index in [0.29, 0.717) is 55.9 Å². The molecule has 36 heavy (non-hydrogen) atoms. The molecule has 0 spiro atoms. The van der Waals surface area contributed by atoms with Gasteiger partial charge >= 0.3 is 0 Å². The number of nitrogens with two attached hydrogens (primary N) is 1. The fraction of sp³-hybridized carbons (Fsp3) is 0.433. The highest BCUT2D eigenvalue weighted by Gasteiger charge is 2.31. The van der Waals surface area contributed by atoms with E-state index < -0.39 is 0 Å². The number of benzene rings is 2. The van der Waals surface area contributed by atoms with Crippen molar-refractivity contribution in [3.8, 4) is 0 Å². The Balaban J connectivity index is 1.84. The maximum absolute atomic E-state index is 13.9. The molecule has 1 amide bonds. The molecule has 190 valence electrons. The van der Waals surface area contributed by atoms with Crippen LogP contribution in [-0.2, 0) is 19.4 Å². The number of nitrogens with zero attached hydrogens (tertiary/aromatic N) is 3. The largest absolute Gasteiger partial charge is 0.330 e. The molecule has 0 bridgehead atoms. The summed E-state index contributed by atoms with van der Waals surface area (Å²) < 4.78 is 1.86. The molecular weight excluding hydrogens is 448 g/mol. The molecule has 0 radical (unpaired) electrons. The highest BCUT2D eigenvalue weighted by atomic mass is 16.2. The van der Waals surface area contributed by atoms with Crippen LogP contribution in [0.4, 0.5) is 0 Å². The highest BCUT2D eigenvalue weighted by molar-refractivity contribution is 5.94. The van der Waals surface area contributed by atoms with Gasteiger partial charge in [0, 0.05) is 37.1 Å². The zero-order valence-electron chi connectivity index (χ0n) is 21.7. The van der Waals surface area contributed by atoms with Gasteiger partial charge in [0.15, 0.2) is 0 Å². The lowest BCUT2D eigenvalue weighted by Crippen LogP contribution is -2.40. The van der Waals surface area contributed by atoms with Crippen molar-refractivity contribution in [3.05, 3.63) is 98.7 Å². The van der Waals surface area contributed by atoms with Gasteiger partial charge in [-0.15, -0.1) is 0 Å². The second kappa shape index (κ2) is 11.7. The number of rotatable bonds is 9. The van der Waals surface area contributed by atoms with Crippen molar-refractivity contribution in [2.24, 2.45) is 11.7 Å². The van der Waals surface area contributed by atoms with Crippen molar-refractivity contribution in [3.63, 3.8) is 0 Å². The molecule has 2 N–H and O–H groups in total. The van der Waals surface area contributed by atoms with Crippen molar-refractivity contribution in [2.75, 3.05) is 13.1 Å². The summed E-state index contributed by atoms with van der Waals surface area (Å²) in [5.41, 5.74) is 10.2. The fourth-order valence-corrected chi connectivity index (χ4v) is 5.13. The average Bonchev–Trinajstić information content (AvgIpc) is 2.89. The number of carbonyl (C=O) groups is 1. The number of aromatic nitrogens is 2. The van der Waals surface area contributed by atoms with Gasteiger partial charge in [-0.05, 0) is 56.3 Å². The summed E-state index contributed by atoms with van der Waals surface area (Å²) >= 11 is 0. The lowest BCUT2D eigenvalue weighted by Gasteiger charge is -2.33. The molecule has 2 aromatic carbocycles. The van der Waals surface area contributed by atoms with Gasteiger partial charge in [0.25, 0.3) is 11.5 Å². The number of hydrogen-bond acceptors (Lipinski definition) is 4. The standard InChI is InChI=1S/C30H38N4O2/c1-4-26(33(17-8-16-31)29(35)24-13-11-21(2)12-14-24)28-25(20-23-9-6-5-7-10-23)30(36)34-18-15-22(3)19-27(34)32-28/h5-7,9-14,22,26H,4,8,15-20,31H2,1-3H3. The smallest absolute Gasteiger partial charge is 0.257 e. The molecular formula is C30H38N4O2. The first-order valence-corrected chi connectivity index (χ1v) is 13.2. The number of fused-ring (bicyclic) bond motifs is 1. The van der Waals surface area contributed by atoms with E-state index in [1.54, 1.807) is 0 Å². The van der Waals surface area contributed by atoms with Gasteiger partial charge < -0.3 is 10.6 Å². The third-order valence-corrected chi connectivity index (χ3v) is 7.21. The molecule has 0 saturated carbocycles. The van der Waals surface area contributed by atoms with Crippen LogP contribution in [0.1, 0.15) is 77.7 Å². The van der Waals surface area contributed by atoms with Gasteiger partial charge in [-0.1, -0.05) is 61.9 Å². The molecule has 1 aliphatic rings. The van der Waals surface area contributed by atoms with E-state index in [4.69, 9.17) is 10.7 Å². The van der Waals surface area contributed by atoms with Gasteiger partial charge in [0.1, 0.15) is 5.82 Å². The van der Waals surface area contributed by atoms with E-state index in [9.17, 15) is 9.59 Å². The van der Waals surface area contributed by atoms with Crippen LogP contribution in [0.3, 0.4) is 0 Å². The van der Waals surface area contributed by atoms with E-state index in [2.05, 4.69) is 13.8 Å². The van der Waals surface area contributed by atoms with Gasteiger partial charge in [-0.25, -0.2) is 4.98 Å². The van der Waals surface area contributed by atoms with Crippen LogP contribution in [-0.4, -0.2) is 33.4 Å². The van der Waals surface area contributed by atoms with Crippen LogP contribution in [0, 0.1) is 12.8 Å². The first-order valence-electron chi connectivity index (χ1n) is 13.2. The monoisotopic (exact) mass is 486 g/mol. The maximum Gasteiger partial charge on any atom is 0.257 e. The van der Waals surface area contributed by atoms with Gasteiger partial charge in [-0.3, -0.25) is 14.2 Å². The Kier molecular flexibility index (Phi) is 8.36.